The third kappa shape index (κ3) is 3.72. The number of hydrogen-bond donors (Lipinski definition) is 1. The number of hydrogen-bond acceptors (Lipinski definition) is 8. The molecule has 9 heteroatoms. The maximum absolute atomic E-state index is 12.5. The molecule has 0 aromatic rings. The van der Waals surface area contributed by atoms with E-state index in [0.717, 1.165) is 0 Å². The quantitative estimate of drug-likeness (QED) is 0.387. The van der Waals surface area contributed by atoms with Crippen molar-refractivity contribution in [3.05, 3.63) is 35.9 Å². The molecule has 2 rings (SSSR count). The summed E-state index contributed by atoms with van der Waals surface area (Å²) in [7, 11) is 0. The molecule has 8 nitrogen and oxygen atoms in total. The van der Waals surface area contributed by atoms with Gasteiger partial charge in [0.15, 0.2) is 0 Å². The number of amides is 1. The van der Waals surface area contributed by atoms with Crippen LogP contribution in [0, 0.1) is 5.92 Å². The SMILES string of the molecule is C=CCOC(=O)O[C@H](C)[C@H]1C(=O)N2C(C(=O)OCC=C)=C(CO)S[C@H]12. The van der Waals surface area contributed by atoms with E-state index in [1.807, 2.05) is 0 Å². The summed E-state index contributed by atoms with van der Waals surface area (Å²) < 4.78 is 14.8. The fraction of sp³-hybridized carbons (Fsp3) is 0.438. The number of fused-ring (bicyclic) bond motifs is 1. The van der Waals surface area contributed by atoms with E-state index < -0.39 is 36.1 Å². The Balaban J connectivity index is 2.05. The minimum atomic E-state index is -0.900. The molecule has 25 heavy (non-hydrogen) atoms. The van der Waals surface area contributed by atoms with Crippen LogP contribution in [0.15, 0.2) is 35.9 Å². The molecule has 0 aromatic carbocycles. The van der Waals surface area contributed by atoms with E-state index in [0.29, 0.717) is 4.91 Å². The van der Waals surface area contributed by atoms with E-state index in [9.17, 15) is 19.5 Å². The van der Waals surface area contributed by atoms with Crippen LogP contribution >= 0.6 is 11.8 Å². The zero-order chi connectivity index (χ0) is 18.6. The normalized spacial score (nSPS) is 22.6. The zero-order valence-corrected chi connectivity index (χ0v) is 14.5. The Morgan fingerprint density at radius 2 is 1.96 bits per heavy atom. The second-order valence-electron chi connectivity index (χ2n) is 5.23. The molecular formula is C16H19NO7S. The Bertz CT molecular complexity index is 630. The minimum Gasteiger partial charge on any atom is -0.457 e. The van der Waals surface area contributed by atoms with E-state index in [-0.39, 0.29) is 24.8 Å². The molecule has 3 atom stereocenters. The summed E-state index contributed by atoms with van der Waals surface area (Å²) in [4.78, 5) is 37.7. The van der Waals surface area contributed by atoms with Gasteiger partial charge in [0.1, 0.15) is 36.3 Å². The number of esters is 1. The first-order valence-electron chi connectivity index (χ1n) is 7.52. The molecule has 0 aliphatic carbocycles. The standard InChI is InChI=1S/C16H19NO7S/c1-4-6-22-15(20)12-10(8-18)25-14-11(13(19)17(12)14)9(3)24-16(21)23-7-5-2/h4-5,9,11,14,18H,1-2,6-8H2,3H3/t9-,11+,14-/m1/s1. The highest BCUT2D eigenvalue weighted by molar-refractivity contribution is 8.04. The molecule has 2 aliphatic heterocycles. The van der Waals surface area contributed by atoms with Crippen LogP contribution < -0.4 is 0 Å². The van der Waals surface area contributed by atoms with Crippen LogP contribution in [-0.2, 0) is 23.8 Å². The Kier molecular flexibility index (Phi) is 6.27. The Morgan fingerprint density at radius 1 is 1.32 bits per heavy atom. The molecule has 2 aliphatic rings. The monoisotopic (exact) mass is 369 g/mol. The first-order valence-corrected chi connectivity index (χ1v) is 8.40. The van der Waals surface area contributed by atoms with Crippen molar-refractivity contribution < 1.29 is 33.7 Å². The van der Waals surface area contributed by atoms with Gasteiger partial charge in [-0.15, -0.1) is 0 Å². The van der Waals surface area contributed by atoms with Crippen molar-refractivity contribution in [2.24, 2.45) is 5.92 Å². The van der Waals surface area contributed by atoms with Gasteiger partial charge >= 0.3 is 12.1 Å². The number of carbonyl (C=O) groups excluding carboxylic acids is 3. The van der Waals surface area contributed by atoms with Gasteiger partial charge in [0.05, 0.1) is 6.61 Å². The molecule has 0 spiro atoms. The summed E-state index contributed by atoms with van der Waals surface area (Å²) in [6, 6.07) is 0. The van der Waals surface area contributed by atoms with Gasteiger partial charge in [-0.1, -0.05) is 37.1 Å². The zero-order valence-electron chi connectivity index (χ0n) is 13.7. The number of thioether (sulfide) groups is 1. The molecule has 0 unspecified atom stereocenters. The predicted octanol–water partition coefficient (Wildman–Crippen LogP) is 1.18. The largest absolute Gasteiger partial charge is 0.508 e. The van der Waals surface area contributed by atoms with Crippen molar-refractivity contribution in [2.45, 2.75) is 18.4 Å². The van der Waals surface area contributed by atoms with Gasteiger partial charge in [-0.2, -0.15) is 0 Å². The lowest BCUT2D eigenvalue weighted by Crippen LogP contribution is -2.61. The summed E-state index contributed by atoms with van der Waals surface area (Å²) >= 11 is 1.18. The Morgan fingerprint density at radius 3 is 2.56 bits per heavy atom. The van der Waals surface area contributed by atoms with Crippen molar-refractivity contribution in [3.8, 4) is 0 Å². The van der Waals surface area contributed by atoms with Gasteiger partial charge in [-0.3, -0.25) is 9.69 Å². The lowest BCUT2D eigenvalue weighted by atomic mass is 9.92. The topological polar surface area (TPSA) is 102 Å². The Hall–Kier alpha value is -2.26. The van der Waals surface area contributed by atoms with Crippen molar-refractivity contribution in [2.75, 3.05) is 19.8 Å². The molecule has 1 amide bonds. The van der Waals surface area contributed by atoms with Crippen LogP contribution in [0.25, 0.3) is 0 Å². The van der Waals surface area contributed by atoms with Gasteiger partial charge in [-0.05, 0) is 6.92 Å². The summed E-state index contributed by atoms with van der Waals surface area (Å²) in [6.45, 7) is 8.04. The smallest absolute Gasteiger partial charge is 0.457 e. The fourth-order valence-electron chi connectivity index (χ4n) is 2.53. The molecule has 2 heterocycles. The van der Waals surface area contributed by atoms with Crippen LogP contribution in [0.1, 0.15) is 6.92 Å². The predicted molar refractivity (Wildman–Crippen MR) is 89.1 cm³/mol. The second kappa shape index (κ2) is 8.21. The molecule has 0 radical (unpaired) electrons. The summed E-state index contributed by atoms with van der Waals surface area (Å²) in [5.74, 6) is -1.73. The number of carbonyl (C=O) groups is 3. The van der Waals surface area contributed by atoms with Gasteiger partial charge in [-0.25, -0.2) is 9.59 Å². The van der Waals surface area contributed by atoms with Gasteiger partial charge < -0.3 is 19.3 Å². The molecule has 0 bridgehead atoms. The molecule has 0 saturated carbocycles. The number of β-lactam (4-membered cyclic amide) rings is 1. The second-order valence-corrected chi connectivity index (χ2v) is 6.44. The lowest BCUT2D eigenvalue weighted by Gasteiger charge is -2.44. The molecule has 1 saturated heterocycles. The molecule has 1 fully saturated rings. The van der Waals surface area contributed by atoms with Crippen molar-refractivity contribution in [1.29, 1.82) is 0 Å². The molecule has 136 valence electrons. The van der Waals surface area contributed by atoms with E-state index in [4.69, 9.17) is 14.2 Å². The summed E-state index contributed by atoms with van der Waals surface area (Å²) in [5.41, 5.74) is 0.0297. The molecule has 1 N–H and O–H groups in total. The van der Waals surface area contributed by atoms with Crippen LogP contribution in [0.5, 0.6) is 0 Å². The summed E-state index contributed by atoms with van der Waals surface area (Å²) in [6.07, 6.45) is 1.15. The number of ether oxygens (including phenoxy) is 3. The molecule has 0 aromatic heterocycles. The van der Waals surface area contributed by atoms with Gasteiger partial charge in [0.2, 0.25) is 5.91 Å². The number of aliphatic hydroxyl groups excluding tert-OH is 1. The van der Waals surface area contributed by atoms with Gasteiger partial charge in [0.25, 0.3) is 0 Å². The third-order valence-corrected chi connectivity index (χ3v) is 4.98. The highest BCUT2D eigenvalue weighted by atomic mass is 32.2. The van der Waals surface area contributed by atoms with Crippen LogP contribution in [0.3, 0.4) is 0 Å². The van der Waals surface area contributed by atoms with E-state index in [2.05, 4.69) is 13.2 Å². The minimum absolute atomic E-state index is 0.00348. The third-order valence-electron chi connectivity index (χ3n) is 3.63. The van der Waals surface area contributed by atoms with Crippen molar-refractivity contribution in [1.82, 2.24) is 4.90 Å². The van der Waals surface area contributed by atoms with Crippen molar-refractivity contribution >= 4 is 29.8 Å². The van der Waals surface area contributed by atoms with Gasteiger partial charge in [0, 0.05) is 4.91 Å². The average Bonchev–Trinajstić information content (AvgIpc) is 2.92. The van der Waals surface area contributed by atoms with Crippen LogP contribution in [0.4, 0.5) is 4.79 Å². The molecular weight excluding hydrogens is 350 g/mol. The van der Waals surface area contributed by atoms with Crippen LogP contribution in [-0.4, -0.2) is 59.3 Å². The maximum atomic E-state index is 12.5. The number of aliphatic hydroxyl groups is 1. The fourth-order valence-corrected chi connectivity index (χ4v) is 3.99. The highest BCUT2D eigenvalue weighted by Crippen LogP contribution is 2.50. The number of nitrogens with zero attached hydrogens (tertiary/aromatic N) is 1. The first-order chi connectivity index (χ1) is 12.0. The average molecular weight is 369 g/mol. The van der Waals surface area contributed by atoms with E-state index in [1.54, 1.807) is 6.92 Å². The first kappa shape index (κ1) is 19.1. The van der Waals surface area contributed by atoms with E-state index >= 15 is 0 Å². The lowest BCUT2D eigenvalue weighted by molar-refractivity contribution is -0.158. The van der Waals surface area contributed by atoms with Crippen molar-refractivity contribution in [3.63, 3.8) is 0 Å². The highest BCUT2D eigenvalue weighted by Gasteiger charge is 2.58. The Labute approximate surface area is 149 Å². The van der Waals surface area contributed by atoms with Crippen LogP contribution in [0.2, 0.25) is 0 Å². The van der Waals surface area contributed by atoms with E-state index in [1.165, 1.54) is 28.8 Å². The number of rotatable bonds is 8. The maximum Gasteiger partial charge on any atom is 0.508 e. The summed E-state index contributed by atoms with van der Waals surface area (Å²) in [5, 5.41) is 9.03.